The van der Waals surface area contributed by atoms with Gasteiger partial charge >= 0.3 is 17.9 Å². The second kappa shape index (κ2) is 16.7. The summed E-state index contributed by atoms with van der Waals surface area (Å²) >= 11 is 0. The topological polar surface area (TPSA) is 127 Å². The van der Waals surface area contributed by atoms with Crippen LogP contribution in [0.1, 0.15) is 47.5 Å². The zero-order chi connectivity index (χ0) is 19.7. The standard InChI is InChI=1S/C9H10O4.C3H6O2.C2H4O2.C2H6/c1-6(10)13-8-5-3-2-4-7(8)9(11)12;1-3(4)5-2;1-2(3)4;1-2/h4-5H,2-3H2,1H3,(H,11,12);1-2H3;1H3,(H,3,4);1-2H3. The molecule has 1 rings (SSSR count). The van der Waals surface area contributed by atoms with Gasteiger partial charge in [-0.1, -0.05) is 19.9 Å². The Morgan fingerprint density at radius 3 is 1.58 bits per heavy atom. The third-order valence-corrected chi connectivity index (χ3v) is 1.88. The molecular formula is C16H26O8. The van der Waals surface area contributed by atoms with Gasteiger partial charge in [0.15, 0.2) is 0 Å². The van der Waals surface area contributed by atoms with E-state index in [1.807, 2.05) is 13.8 Å². The molecule has 0 aliphatic heterocycles. The Bertz CT molecular complexity index is 470. The Morgan fingerprint density at radius 1 is 0.917 bits per heavy atom. The van der Waals surface area contributed by atoms with Crippen LogP contribution >= 0.6 is 0 Å². The third-order valence-electron chi connectivity index (χ3n) is 1.88. The van der Waals surface area contributed by atoms with Crippen LogP contribution in [0.25, 0.3) is 0 Å². The van der Waals surface area contributed by atoms with E-state index in [1.165, 1.54) is 21.0 Å². The molecule has 0 heterocycles. The van der Waals surface area contributed by atoms with Gasteiger partial charge in [0.2, 0.25) is 0 Å². The molecule has 2 N–H and O–H groups in total. The van der Waals surface area contributed by atoms with Crippen molar-refractivity contribution in [3.05, 3.63) is 23.5 Å². The van der Waals surface area contributed by atoms with E-state index in [0.717, 1.165) is 6.92 Å². The van der Waals surface area contributed by atoms with Crippen molar-refractivity contribution in [3.63, 3.8) is 0 Å². The molecule has 0 radical (unpaired) electrons. The number of carbonyl (C=O) groups excluding carboxylic acids is 2. The van der Waals surface area contributed by atoms with Crippen LogP contribution in [-0.4, -0.2) is 41.2 Å². The molecule has 0 atom stereocenters. The van der Waals surface area contributed by atoms with E-state index in [9.17, 15) is 14.4 Å². The van der Waals surface area contributed by atoms with Crippen molar-refractivity contribution in [2.75, 3.05) is 7.11 Å². The molecule has 8 nitrogen and oxygen atoms in total. The third kappa shape index (κ3) is 19.4. The number of aliphatic carboxylic acids is 2. The predicted octanol–water partition coefficient (Wildman–Crippen LogP) is 2.53. The molecule has 0 amide bonds. The molecule has 138 valence electrons. The van der Waals surface area contributed by atoms with Crippen LogP contribution in [0.2, 0.25) is 0 Å². The van der Waals surface area contributed by atoms with Crippen LogP contribution in [0.5, 0.6) is 0 Å². The number of hydrogen-bond donors (Lipinski definition) is 2. The fourth-order valence-electron chi connectivity index (χ4n) is 1.10. The Morgan fingerprint density at radius 2 is 1.29 bits per heavy atom. The van der Waals surface area contributed by atoms with Gasteiger partial charge in [-0.25, -0.2) is 4.79 Å². The molecule has 8 heteroatoms. The maximum atomic E-state index is 10.6. The first-order valence-corrected chi connectivity index (χ1v) is 7.18. The molecule has 1 aliphatic rings. The van der Waals surface area contributed by atoms with E-state index in [4.69, 9.17) is 19.7 Å². The van der Waals surface area contributed by atoms with E-state index in [0.29, 0.717) is 12.8 Å². The molecule has 0 aromatic heterocycles. The van der Waals surface area contributed by atoms with Crippen molar-refractivity contribution in [2.45, 2.75) is 47.5 Å². The summed E-state index contributed by atoms with van der Waals surface area (Å²) in [6, 6.07) is 0. The number of allylic oxidation sites excluding steroid dienone is 2. The molecule has 0 saturated carbocycles. The van der Waals surface area contributed by atoms with E-state index in [-0.39, 0.29) is 17.3 Å². The normalized spacial score (nSPS) is 11.2. The maximum absolute atomic E-state index is 10.6. The predicted molar refractivity (Wildman–Crippen MR) is 87.1 cm³/mol. The monoisotopic (exact) mass is 346 g/mol. The van der Waals surface area contributed by atoms with Gasteiger partial charge in [0.05, 0.1) is 12.7 Å². The fourth-order valence-corrected chi connectivity index (χ4v) is 1.10. The Kier molecular flexibility index (Phi) is 18.3. The first kappa shape index (κ1) is 26.3. The largest absolute Gasteiger partial charge is 0.481 e. The number of carboxylic acids is 2. The quantitative estimate of drug-likeness (QED) is 0.730. The summed E-state index contributed by atoms with van der Waals surface area (Å²) in [5.41, 5.74) is 0.0708. The van der Waals surface area contributed by atoms with Crippen molar-refractivity contribution in [2.24, 2.45) is 0 Å². The second-order valence-corrected chi connectivity index (χ2v) is 3.88. The highest BCUT2D eigenvalue weighted by Gasteiger charge is 2.18. The van der Waals surface area contributed by atoms with Crippen LogP contribution in [0, 0.1) is 0 Å². The van der Waals surface area contributed by atoms with Gasteiger partial charge in [0.25, 0.3) is 5.97 Å². The van der Waals surface area contributed by atoms with Gasteiger partial charge < -0.3 is 19.7 Å². The lowest BCUT2D eigenvalue weighted by atomic mass is 10.1. The van der Waals surface area contributed by atoms with Crippen molar-refractivity contribution in [1.82, 2.24) is 0 Å². The maximum Gasteiger partial charge on any atom is 0.339 e. The van der Waals surface area contributed by atoms with E-state index >= 15 is 0 Å². The minimum Gasteiger partial charge on any atom is -0.481 e. The molecule has 1 aliphatic carbocycles. The van der Waals surface area contributed by atoms with Crippen molar-refractivity contribution < 1.29 is 38.9 Å². The van der Waals surface area contributed by atoms with Crippen LogP contribution in [0.3, 0.4) is 0 Å². The highest BCUT2D eigenvalue weighted by atomic mass is 16.5. The summed E-state index contributed by atoms with van der Waals surface area (Å²) in [5, 5.41) is 16.1. The van der Waals surface area contributed by atoms with Gasteiger partial charge in [0.1, 0.15) is 5.76 Å². The van der Waals surface area contributed by atoms with Crippen molar-refractivity contribution in [1.29, 1.82) is 0 Å². The fraction of sp³-hybridized carbons (Fsp3) is 0.500. The summed E-state index contributed by atoms with van der Waals surface area (Å²) in [7, 11) is 1.35. The average molecular weight is 346 g/mol. The summed E-state index contributed by atoms with van der Waals surface area (Å²) in [6.45, 7) is 7.69. The molecule has 0 aromatic carbocycles. The lowest BCUT2D eigenvalue weighted by Gasteiger charge is -2.11. The minimum absolute atomic E-state index is 0.0708. The number of carboxylic acid groups (broad SMARTS) is 2. The van der Waals surface area contributed by atoms with E-state index in [1.54, 1.807) is 12.2 Å². The Hall–Kier alpha value is -2.64. The SMILES string of the molecule is CC.CC(=O)O.CC(=O)OC1=CCCC=C1C(=O)O.COC(C)=O. The molecule has 0 spiro atoms. The van der Waals surface area contributed by atoms with Gasteiger partial charge in [-0.3, -0.25) is 14.4 Å². The van der Waals surface area contributed by atoms with Crippen LogP contribution < -0.4 is 0 Å². The van der Waals surface area contributed by atoms with E-state index < -0.39 is 17.9 Å². The lowest BCUT2D eigenvalue weighted by Crippen LogP contribution is -2.11. The van der Waals surface area contributed by atoms with Crippen LogP contribution in [0.15, 0.2) is 23.5 Å². The second-order valence-electron chi connectivity index (χ2n) is 3.88. The number of hydrogen-bond acceptors (Lipinski definition) is 6. The molecule has 0 saturated heterocycles. The first-order chi connectivity index (χ1) is 11.1. The van der Waals surface area contributed by atoms with Crippen molar-refractivity contribution in [3.8, 4) is 0 Å². The molecule has 0 aromatic rings. The van der Waals surface area contributed by atoms with Crippen LogP contribution in [0.4, 0.5) is 0 Å². The summed E-state index contributed by atoms with van der Waals surface area (Å²) < 4.78 is 8.85. The first-order valence-electron chi connectivity index (χ1n) is 7.18. The zero-order valence-corrected chi connectivity index (χ0v) is 14.9. The summed E-state index contributed by atoms with van der Waals surface area (Å²) in [4.78, 5) is 39.8. The highest BCUT2D eigenvalue weighted by molar-refractivity contribution is 5.92. The van der Waals surface area contributed by atoms with Crippen LogP contribution in [-0.2, 0) is 28.7 Å². The van der Waals surface area contributed by atoms with Gasteiger partial charge in [-0.2, -0.15) is 0 Å². The molecule has 24 heavy (non-hydrogen) atoms. The lowest BCUT2D eigenvalue weighted by molar-refractivity contribution is -0.139. The Balaban J connectivity index is -0.000000333. The number of carbonyl (C=O) groups is 4. The molecule has 0 bridgehead atoms. The van der Waals surface area contributed by atoms with Gasteiger partial charge in [0, 0.05) is 20.8 Å². The number of ether oxygens (including phenoxy) is 2. The van der Waals surface area contributed by atoms with Gasteiger partial charge in [-0.05, 0) is 18.9 Å². The van der Waals surface area contributed by atoms with Crippen molar-refractivity contribution >= 4 is 23.9 Å². The molecular weight excluding hydrogens is 320 g/mol. The molecule has 0 unspecified atom stereocenters. The van der Waals surface area contributed by atoms with E-state index in [2.05, 4.69) is 4.74 Å². The Labute approximate surface area is 141 Å². The summed E-state index contributed by atoms with van der Waals surface area (Å²) in [6.07, 6.45) is 4.55. The number of rotatable bonds is 2. The zero-order valence-electron chi connectivity index (χ0n) is 14.9. The molecule has 0 fully saturated rings. The summed E-state index contributed by atoms with van der Waals surface area (Å²) in [5.74, 6) is -2.48. The number of esters is 2. The average Bonchev–Trinajstić information content (AvgIpc) is 2.49. The number of methoxy groups -OCH3 is 1. The van der Waals surface area contributed by atoms with Gasteiger partial charge in [-0.15, -0.1) is 0 Å². The minimum atomic E-state index is -1.06. The highest BCUT2D eigenvalue weighted by Crippen LogP contribution is 2.19. The smallest absolute Gasteiger partial charge is 0.339 e.